The molecule has 3 nitrogen and oxygen atoms in total. The van der Waals surface area contributed by atoms with Crippen LogP contribution >= 0.6 is 38.5 Å². The van der Waals surface area contributed by atoms with Gasteiger partial charge in [-0.25, -0.2) is 4.98 Å². The van der Waals surface area contributed by atoms with Crippen molar-refractivity contribution in [3.05, 3.63) is 50.0 Å². The van der Waals surface area contributed by atoms with Gasteiger partial charge in [0.2, 0.25) is 0 Å². The fraction of sp³-hybridized carbons (Fsp3) is 0.357. The molecule has 0 saturated carbocycles. The third-order valence-corrected chi connectivity index (χ3v) is 4.50. The number of benzene rings is 1. The summed E-state index contributed by atoms with van der Waals surface area (Å²) in [6, 6.07) is 6.19. The Morgan fingerprint density at radius 1 is 1.47 bits per heavy atom. The molecule has 0 aliphatic carbocycles. The van der Waals surface area contributed by atoms with Gasteiger partial charge in [0.1, 0.15) is 5.82 Å². The average molecular weight is 434 g/mol. The smallest absolute Gasteiger partial charge is 0.110 e. The van der Waals surface area contributed by atoms with Crippen molar-refractivity contribution in [3.8, 4) is 0 Å². The van der Waals surface area contributed by atoms with E-state index in [1.807, 2.05) is 18.5 Å². The summed E-state index contributed by atoms with van der Waals surface area (Å²) in [7, 11) is 0. The van der Waals surface area contributed by atoms with Crippen molar-refractivity contribution in [1.82, 2.24) is 9.55 Å². The first-order valence-electron chi connectivity index (χ1n) is 6.32. The summed E-state index contributed by atoms with van der Waals surface area (Å²) >= 11 is 5.83. The Balaban J connectivity index is 2.18. The van der Waals surface area contributed by atoms with Gasteiger partial charge in [-0.15, -0.1) is 0 Å². The zero-order chi connectivity index (χ0) is 13.8. The van der Waals surface area contributed by atoms with Crippen molar-refractivity contribution in [2.45, 2.75) is 32.4 Å². The van der Waals surface area contributed by atoms with Crippen LogP contribution in [0.15, 0.2) is 35.1 Å². The molecular formula is C14H17BrIN3. The van der Waals surface area contributed by atoms with E-state index in [0.29, 0.717) is 0 Å². The fourth-order valence-electron chi connectivity index (χ4n) is 2.08. The molecule has 1 heterocycles. The van der Waals surface area contributed by atoms with E-state index in [4.69, 9.17) is 5.73 Å². The van der Waals surface area contributed by atoms with Crippen molar-refractivity contribution < 1.29 is 0 Å². The first-order chi connectivity index (χ1) is 9.11. The van der Waals surface area contributed by atoms with Crippen LogP contribution in [0, 0.1) is 3.57 Å². The fourth-order valence-corrected chi connectivity index (χ4v) is 3.19. The first-order valence-corrected chi connectivity index (χ1v) is 8.19. The van der Waals surface area contributed by atoms with Crippen molar-refractivity contribution in [2.75, 3.05) is 0 Å². The van der Waals surface area contributed by atoms with Gasteiger partial charge in [-0.1, -0.05) is 22.9 Å². The molecule has 0 spiro atoms. The molecule has 0 fully saturated rings. The Labute approximate surface area is 135 Å². The third kappa shape index (κ3) is 3.79. The molecule has 1 atom stereocenters. The topological polar surface area (TPSA) is 43.8 Å². The quantitative estimate of drug-likeness (QED) is 0.726. The van der Waals surface area contributed by atoms with E-state index in [2.05, 4.69) is 67.1 Å². The van der Waals surface area contributed by atoms with Crippen molar-refractivity contribution >= 4 is 38.5 Å². The highest BCUT2D eigenvalue weighted by atomic mass is 127. The second-order valence-corrected chi connectivity index (χ2v) is 6.59. The zero-order valence-corrected chi connectivity index (χ0v) is 14.6. The monoisotopic (exact) mass is 433 g/mol. The van der Waals surface area contributed by atoms with Crippen LogP contribution in [0.25, 0.3) is 0 Å². The molecule has 0 bridgehead atoms. The number of hydrogen-bond acceptors (Lipinski definition) is 2. The molecule has 0 radical (unpaired) electrons. The lowest BCUT2D eigenvalue weighted by molar-refractivity contribution is 0.597. The minimum Gasteiger partial charge on any atom is -0.335 e. The van der Waals surface area contributed by atoms with Gasteiger partial charge >= 0.3 is 0 Å². The van der Waals surface area contributed by atoms with Gasteiger partial charge in [0, 0.05) is 39.4 Å². The van der Waals surface area contributed by atoms with E-state index >= 15 is 0 Å². The number of nitrogens with two attached hydrogens (primary N) is 1. The SMILES string of the molecule is CCCn1ccnc1CC(N)c1cc(Br)ccc1I. The van der Waals surface area contributed by atoms with Gasteiger partial charge in [0.15, 0.2) is 0 Å². The molecule has 2 N–H and O–H groups in total. The summed E-state index contributed by atoms with van der Waals surface area (Å²) in [5.74, 6) is 1.06. The molecule has 0 aliphatic heterocycles. The van der Waals surface area contributed by atoms with Gasteiger partial charge in [-0.3, -0.25) is 0 Å². The summed E-state index contributed by atoms with van der Waals surface area (Å²) in [6.45, 7) is 3.17. The normalized spacial score (nSPS) is 12.6. The molecule has 102 valence electrons. The van der Waals surface area contributed by atoms with Crippen molar-refractivity contribution in [1.29, 1.82) is 0 Å². The number of hydrogen-bond donors (Lipinski definition) is 1. The van der Waals surface area contributed by atoms with E-state index in [1.54, 1.807) is 0 Å². The van der Waals surface area contributed by atoms with E-state index in [1.165, 1.54) is 9.13 Å². The average Bonchev–Trinajstić information content (AvgIpc) is 2.80. The summed E-state index contributed by atoms with van der Waals surface area (Å²) < 4.78 is 4.45. The van der Waals surface area contributed by atoms with Gasteiger partial charge in [0.25, 0.3) is 0 Å². The maximum atomic E-state index is 6.34. The van der Waals surface area contributed by atoms with E-state index in [-0.39, 0.29) is 6.04 Å². The van der Waals surface area contributed by atoms with Gasteiger partial charge in [-0.2, -0.15) is 0 Å². The number of nitrogens with zero attached hydrogens (tertiary/aromatic N) is 2. The standard InChI is InChI=1S/C14H17BrIN3/c1-2-6-19-7-5-18-14(19)9-13(17)11-8-10(15)3-4-12(11)16/h3-5,7-8,13H,2,6,9,17H2,1H3. The minimum atomic E-state index is -0.0255. The highest BCUT2D eigenvalue weighted by molar-refractivity contribution is 14.1. The number of halogens is 2. The summed E-state index contributed by atoms with van der Waals surface area (Å²) in [4.78, 5) is 4.42. The van der Waals surface area contributed by atoms with Gasteiger partial charge < -0.3 is 10.3 Å². The predicted octanol–water partition coefficient (Wildman–Crippen LogP) is 3.90. The van der Waals surface area contributed by atoms with Gasteiger partial charge in [-0.05, 0) is 52.8 Å². The highest BCUT2D eigenvalue weighted by Gasteiger charge is 2.14. The van der Waals surface area contributed by atoms with Gasteiger partial charge in [0.05, 0.1) is 0 Å². The lowest BCUT2D eigenvalue weighted by atomic mass is 10.0. The maximum absolute atomic E-state index is 6.34. The molecule has 2 aromatic rings. The molecule has 5 heteroatoms. The lowest BCUT2D eigenvalue weighted by Gasteiger charge is -2.15. The summed E-state index contributed by atoms with van der Waals surface area (Å²) in [5, 5.41) is 0. The zero-order valence-electron chi connectivity index (χ0n) is 10.8. The van der Waals surface area contributed by atoms with E-state index in [0.717, 1.165) is 29.7 Å². The lowest BCUT2D eigenvalue weighted by Crippen LogP contribution is -2.17. The minimum absolute atomic E-state index is 0.0255. The number of aromatic nitrogens is 2. The highest BCUT2D eigenvalue weighted by Crippen LogP contribution is 2.25. The van der Waals surface area contributed by atoms with Crippen LogP contribution in [0.3, 0.4) is 0 Å². The Morgan fingerprint density at radius 2 is 2.26 bits per heavy atom. The van der Waals surface area contributed by atoms with E-state index < -0.39 is 0 Å². The molecule has 1 aromatic heterocycles. The molecular weight excluding hydrogens is 417 g/mol. The second-order valence-electron chi connectivity index (χ2n) is 4.51. The second kappa shape index (κ2) is 6.85. The van der Waals surface area contributed by atoms with Crippen molar-refractivity contribution in [2.24, 2.45) is 5.73 Å². The molecule has 1 aromatic carbocycles. The number of imidazole rings is 1. The number of aryl methyl sites for hydroxylation is 1. The molecule has 0 saturated heterocycles. The predicted molar refractivity (Wildman–Crippen MR) is 90.0 cm³/mol. The number of rotatable bonds is 5. The Bertz CT molecular complexity index is 553. The van der Waals surface area contributed by atoms with Crippen LogP contribution in [0.5, 0.6) is 0 Å². The summed E-state index contributed by atoms with van der Waals surface area (Å²) in [6.07, 6.45) is 5.74. The molecule has 19 heavy (non-hydrogen) atoms. The van der Waals surface area contributed by atoms with Crippen LogP contribution in [-0.2, 0) is 13.0 Å². The first kappa shape index (κ1) is 15.0. The van der Waals surface area contributed by atoms with Crippen LogP contribution in [0.1, 0.15) is 30.8 Å². The van der Waals surface area contributed by atoms with Crippen LogP contribution in [-0.4, -0.2) is 9.55 Å². The van der Waals surface area contributed by atoms with Crippen LogP contribution in [0.2, 0.25) is 0 Å². The van der Waals surface area contributed by atoms with Crippen molar-refractivity contribution in [3.63, 3.8) is 0 Å². The summed E-state index contributed by atoms with van der Waals surface area (Å²) in [5.41, 5.74) is 7.51. The molecule has 0 aliphatic rings. The Morgan fingerprint density at radius 3 is 3.00 bits per heavy atom. The Hall–Kier alpha value is -0.400. The van der Waals surface area contributed by atoms with E-state index in [9.17, 15) is 0 Å². The molecule has 2 rings (SSSR count). The molecule has 0 amide bonds. The largest absolute Gasteiger partial charge is 0.335 e. The molecule has 1 unspecified atom stereocenters. The maximum Gasteiger partial charge on any atom is 0.110 e. The third-order valence-electron chi connectivity index (χ3n) is 3.03. The van der Waals surface area contributed by atoms with Crippen LogP contribution in [0.4, 0.5) is 0 Å². The Kier molecular flexibility index (Phi) is 5.41. The van der Waals surface area contributed by atoms with Crippen LogP contribution < -0.4 is 5.73 Å².